The third kappa shape index (κ3) is 7.79. The smallest absolute Gasteiger partial charge is 0.253 e. The van der Waals surface area contributed by atoms with E-state index in [0.717, 1.165) is 5.56 Å². The quantitative estimate of drug-likeness (QED) is 0.569. The molecule has 2 aromatic rings. The number of carboxylic acid groups (broad SMARTS) is 1. The highest BCUT2D eigenvalue weighted by Gasteiger charge is 2.34. The van der Waals surface area contributed by atoms with E-state index in [9.17, 15) is 19.8 Å². The van der Waals surface area contributed by atoms with Crippen molar-refractivity contribution in [2.75, 3.05) is 11.9 Å². The number of para-hydroxylation sites is 1. The largest absolute Gasteiger partial charge is 0.530 e. The first-order valence-electron chi connectivity index (χ1n) is 11.2. The molecule has 0 bridgehead atoms. The lowest BCUT2D eigenvalue weighted by Gasteiger charge is -2.45. The van der Waals surface area contributed by atoms with Gasteiger partial charge in [-0.2, -0.15) is 0 Å². The van der Waals surface area contributed by atoms with Crippen molar-refractivity contribution in [3.63, 3.8) is 0 Å². The second-order valence-corrected chi connectivity index (χ2v) is 10.3. The Morgan fingerprint density at radius 2 is 1.55 bits per heavy atom. The molecule has 0 saturated heterocycles. The Hall–Kier alpha value is -3.06. The zero-order chi connectivity index (χ0) is 24.8. The number of anilines is 1. The average Bonchev–Trinajstić information content (AvgIpc) is 2.70. The van der Waals surface area contributed by atoms with E-state index in [1.807, 2.05) is 51.1 Å². The molecule has 0 spiro atoms. The topological polar surface area (TPSA) is 105 Å². The van der Waals surface area contributed by atoms with Gasteiger partial charge < -0.3 is 30.5 Å². The molecule has 0 aliphatic rings. The first-order chi connectivity index (χ1) is 15.3. The first-order valence-corrected chi connectivity index (χ1v) is 11.2. The standard InChI is InChI=1S/C26H37N3O4/c1-25(2,3)28-23(31)19-14-10-11-15-20(19)27-17-22(30)21(16-18-12-8-7-9-13-18)29(24(32)33)26(4,5)6/h7-15,21-22,27,30H,16-17H2,1-6H3,(H,28,31)(H,32,33)/p-1/t21-,22+/m0/s1. The minimum atomic E-state index is -1.34. The minimum absolute atomic E-state index is 0.0527. The summed E-state index contributed by atoms with van der Waals surface area (Å²) in [5.41, 5.74) is 0.747. The number of hydrogen-bond donors (Lipinski definition) is 3. The van der Waals surface area contributed by atoms with E-state index in [1.165, 1.54) is 4.90 Å². The van der Waals surface area contributed by atoms with Crippen molar-refractivity contribution in [2.45, 2.75) is 71.2 Å². The Morgan fingerprint density at radius 3 is 2.09 bits per heavy atom. The molecule has 33 heavy (non-hydrogen) atoms. The number of nitrogens with one attached hydrogen (secondary N) is 2. The van der Waals surface area contributed by atoms with E-state index in [0.29, 0.717) is 17.7 Å². The number of hydrogen-bond acceptors (Lipinski definition) is 5. The fourth-order valence-electron chi connectivity index (χ4n) is 3.76. The zero-order valence-electron chi connectivity index (χ0n) is 20.4. The summed E-state index contributed by atoms with van der Waals surface area (Å²) in [6.07, 6.45) is -2.07. The van der Waals surface area contributed by atoms with E-state index >= 15 is 0 Å². The molecule has 0 heterocycles. The molecule has 7 heteroatoms. The molecule has 3 N–H and O–H groups in total. The van der Waals surface area contributed by atoms with Crippen LogP contribution in [0.5, 0.6) is 0 Å². The van der Waals surface area contributed by atoms with Gasteiger partial charge in [-0.05, 0) is 65.7 Å². The zero-order valence-corrected chi connectivity index (χ0v) is 20.4. The molecule has 2 amide bonds. The molecule has 0 aliphatic carbocycles. The molecule has 2 rings (SSSR count). The summed E-state index contributed by atoms with van der Waals surface area (Å²) in [4.78, 5) is 26.0. The van der Waals surface area contributed by atoms with Gasteiger partial charge >= 0.3 is 0 Å². The van der Waals surface area contributed by atoms with Gasteiger partial charge in [0.25, 0.3) is 5.91 Å². The highest BCUT2D eigenvalue weighted by Crippen LogP contribution is 2.23. The SMILES string of the molecule is CC(C)(C)NC(=O)c1ccccc1NC[C@@H](O)[C@H](Cc1ccccc1)N(C(=O)[O-])C(C)(C)C. The predicted octanol–water partition coefficient (Wildman–Crippen LogP) is 3.04. The molecule has 2 atom stereocenters. The van der Waals surface area contributed by atoms with Crippen molar-refractivity contribution >= 4 is 17.7 Å². The van der Waals surface area contributed by atoms with Crippen molar-refractivity contribution in [1.82, 2.24) is 10.2 Å². The number of aliphatic hydroxyl groups is 1. The van der Waals surface area contributed by atoms with E-state index in [2.05, 4.69) is 10.6 Å². The summed E-state index contributed by atoms with van der Waals surface area (Å²) in [5, 5.41) is 29.3. The van der Waals surface area contributed by atoms with Crippen molar-refractivity contribution in [2.24, 2.45) is 0 Å². The van der Waals surface area contributed by atoms with Gasteiger partial charge in [0.2, 0.25) is 0 Å². The van der Waals surface area contributed by atoms with Gasteiger partial charge in [-0.3, -0.25) is 4.79 Å². The fraction of sp³-hybridized carbons (Fsp3) is 0.462. The van der Waals surface area contributed by atoms with Crippen LogP contribution in [0.1, 0.15) is 57.5 Å². The monoisotopic (exact) mass is 454 g/mol. The van der Waals surface area contributed by atoms with Gasteiger partial charge in [0.15, 0.2) is 0 Å². The Labute approximate surface area is 196 Å². The van der Waals surface area contributed by atoms with E-state index in [1.54, 1.807) is 45.0 Å². The summed E-state index contributed by atoms with van der Waals surface area (Å²) in [6, 6.07) is 15.7. The van der Waals surface area contributed by atoms with Gasteiger partial charge in [0.05, 0.1) is 17.7 Å². The third-order valence-electron chi connectivity index (χ3n) is 5.14. The Balaban J connectivity index is 2.27. The number of nitrogens with zero attached hydrogens (tertiary/aromatic N) is 1. The maximum Gasteiger partial charge on any atom is 0.253 e. The van der Waals surface area contributed by atoms with Crippen LogP contribution >= 0.6 is 0 Å². The van der Waals surface area contributed by atoms with Crippen LogP contribution in [0.25, 0.3) is 0 Å². The highest BCUT2D eigenvalue weighted by molar-refractivity contribution is 5.99. The lowest BCUT2D eigenvalue weighted by Crippen LogP contribution is -2.61. The van der Waals surface area contributed by atoms with Crippen LogP contribution in [0.4, 0.5) is 10.5 Å². The van der Waals surface area contributed by atoms with Gasteiger partial charge in [-0.1, -0.05) is 42.5 Å². The van der Waals surface area contributed by atoms with Gasteiger partial charge in [0.1, 0.15) is 6.09 Å². The van der Waals surface area contributed by atoms with Gasteiger partial charge in [-0.25, -0.2) is 0 Å². The lowest BCUT2D eigenvalue weighted by atomic mass is 9.94. The molecule has 0 radical (unpaired) electrons. The Kier molecular flexibility index (Phi) is 8.50. The lowest BCUT2D eigenvalue weighted by molar-refractivity contribution is -0.275. The normalized spacial score (nSPS) is 13.7. The molecular formula is C26H36N3O4-. The van der Waals surface area contributed by atoms with Crippen LogP contribution in [0.3, 0.4) is 0 Å². The Morgan fingerprint density at radius 1 is 0.970 bits per heavy atom. The predicted molar refractivity (Wildman–Crippen MR) is 129 cm³/mol. The summed E-state index contributed by atoms with van der Waals surface area (Å²) in [6.45, 7) is 11.1. The van der Waals surface area contributed by atoms with Crippen LogP contribution in [0.15, 0.2) is 54.6 Å². The molecule has 0 aromatic heterocycles. The molecule has 0 unspecified atom stereocenters. The number of carbonyl (C=O) groups excluding carboxylic acids is 2. The minimum Gasteiger partial charge on any atom is -0.530 e. The van der Waals surface area contributed by atoms with Crippen LogP contribution in [-0.2, 0) is 6.42 Å². The average molecular weight is 455 g/mol. The van der Waals surface area contributed by atoms with Gasteiger partial charge in [-0.15, -0.1) is 0 Å². The molecule has 7 nitrogen and oxygen atoms in total. The van der Waals surface area contributed by atoms with E-state index in [4.69, 9.17) is 0 Å². The molecule has 2 aromatic carbocycles. The number of benzene rings is 2. The number of rotatable bonds is 8. The maximum absolute atomic E-state index is 12.7. The van der Waals surface area contributed by atoms with E-state index in [-0.39, 0.29) is 12.5 Å². The number of amides is 2. The van der Waals surface area contributed by atoms with Crippen LogP contribution in [0, 0.1) is 0 Å². The van der Waals surface area contributed by atoms with Crippen molar-refractivity contribution in [1.29, 1.82) is 0 Å². The van der Waals surface area contributed by atoms with Crippen LogP contribution in [-0.4, -0.2) is 51.8 Å². The van der Waals surface area contributed by atoms with Crippen molar-refractivity contribution in [3.05, 3.63) is 65.7 Å². The summed E-state index contributed by atoms with van der Waals surface area (Å²) < 4.78 is 0. The Bertz CT molecular complexity index is 933. The summed E-state index contributed by atoms with van der Waals surface area (Å²) in [5.74, 6) is -0.230. The second-order valence-electron chi connectivity index (χ2n) is 10.3. The molecule has 0 saturated carbocycles. The summed E-state index contributed by atoms with van der Waals surface area (Å²) >= 11 is 0. The summed E-state index contributed by atoms with van der Waals surface area (Å²) in [7, 11) is 0. The molecule has 0 aliphatic heterocycles. The molecule has 180 valence electrons. The first kappa shape index (κ1) is 26.2. The number of aliphatic hydroxyl groups excluding tert-OH is 1. The van der Waals surface area contributed by atoms with Gasteiger partial charge in [0, 0.05) is 23.3 Å². The van der Waals surface area contributed by atoms with Crippen molar-refractivity contribution < 1.29 is 19.8 Å². The third-order valence-corrected chi connectivity index (χ3v) is 5.14. The fourth-order valence-corrected chi connectivity index (χ4v) is 3.76. The molecule has 0 fully saturated rings. The highest BCUT2D eigenvalue weighted by atomic mass is 16.4. The van der Waals surface area contributed by atoms with E-state index < -0.39 is 29.3 Å². The van der Waals surface area contributed by atoms with Crippen molar-refractivity contribution in [3.8, 4) is 0 Å². The maximum atomic E-state index is 12.7. The van der Waals surface area contributed by atoms with Crippen LogP contribution in [0.2, 0.25) is 0 Å². The molecular weight excluding hydrogens is 418 g/mol. The van der Waals surface area contributed by atoms with Crippen LogP contribution < -0.4 is 15.7 Å². The number of carbonyl (C=O) groups is 2. The second kappa shape index (κ2) is 10.7.